The minimum absolute atomic E-state index is 0.0132. The van der Waals surface area contributed by atoms with E-state index in [0.717, 1.165) is 45.3 Å². The minimum Gasteiger partial charge on any atom is -0.376 e. The largest absolute Gasteiger partial charge is 0.376 e. The lowest BCUT2D eigenvalue weighted by molar-refractivity contribution is -0.131. The van der Waals surface area contributed by atoms with Crippen molar-refractivity contribution in [3.05, 3.63) is 0 Å². The molecule has 1 heterocycles. The van der Waals surface area contributed by atoms with Gasteiger partial charge in [-0.1, -0.05) is 19.8 Å². The van der Waals surface area contributed by atoms with Gasteiger partial charge in [0.1, 0.15) is 0 Å². The molecular formula is C15H28N2O3. The average Bonchev–Trinajstić information content (AvgIpc) is 2.92. The molecule has 1 aliphatic heterocycles. The summed E-state index contributed by atoms with van der Waals surface area (Å²) in [4.78, 5) is 25.0. The van der Waals surface area contributed by atoms with Crippen molar-refractivity contribution >= 4 is 11.8 Å². The maximum atomic E-state index is 11.7. The van der Waals surface area contributed by atoms with Crippen molar-refractivity contribution in [3.8, 4) is 0 Å². The summed E-state index contributed by atoms with van der Waals surface area (Å²) in [5, 5.41) is 2.90. The van der Waals surface area contributed by atoms with Gasteiger partial charge in [0.2, 0.25) is 11.8 Å². The zero-order valence-electron chi connectivity index (χ0n) is 12.8. The minimum atomic E-state index is 0.0132. The molecule has 1 atom stereocenters. The molecule has 1 saturated heterocycles. The Kier molecular flexibility index (Phi) is 8.26. The van der Waals surface area contributed by atoms with Crippen LogP contribution in [0.4, 0.5) is 0 Å². The highest BCUT2D eigenvalue weighted by Crippen LogP contribution is 2.13. The fraction of sp³-hybridized carbons (Fsp3) is 0.867. The molecule has 0 radical (unpaired) electrons. The third-order valence-corrected chi connectivity index (χ3v) is 3.60. The predicted molar refractivity (Wildman–Crippen MR) is 78.4 cm³/mol. The lowest BCUT2D eigenvalue weighted by Gasteiger charge is -2.23. The Bertz CT molecular complexity index is 301. The molecule has 0 bridgehead atoms. The first-order valence-electron chi connectivity index (χ1n) is 7.77. The van der Waals surface area contributed by atoms with Crippen LogP contribution in [-0.2, 0) is 14.3 Å². The molecule has 1 rings (SSSR count). The molecule has 0 spiro atoms. The van der Waals surface area contributed by atoms with E-state index >= 15 is 0 Å². The molecule has 0 aromatic rings. The maximum absolute atomic E-state index is 11.7. The number of carbonyl (C=O) groups excluding carboxylic acids is 2. The molecule has 1 N–H and O–H groups in total. The second kappa shape index (κ2) is 9.75. The van der Waals surface area contributed by atoms with E-state index in [1.165, 1.54) is 0 Å². The third kappa shape index (κ3) is 6.89. The zero-order chi connectivity index (χ0) is 14.8. The number of amides is 2. The summed E-state index contributed by atoms with van der Waals surface area (Å²) in [7, 11) is 0. The quantitative estimate of drug-likeness (QED) is 0.656. The topological polar surface area (TPSA) is 58.6 Å². The van der Waals surface area contributed by atoms with Crippen molar-refractivity contribution in [2.45, 2.75) is 58.5 Å². The highest BCUT2D eigenvalue weighted by molar-refractivity contribution is 5.77. The molecule has 2 amide bonds. The van der Waals surface area contributed by atoms with Gasteiger partial charge in [-0.2, -0.15) is 0 Å². The Hall–Kier alpha value is -1.10. The summed E-state index contributed by atoms with van der Waals surface area (Å²) in [6.45, 7) is 6.30. The molecule has 0 aliphatic carbocycles. The number of carbonyl (C=O) groups is 2. The summed E-state index contributed by atoms with van der Waals surface area (Å²) in [6.07, 6.45) is 5.90. The van der Waals surface area contributed by atoms with Crippen LogP contribution < -0.4 is 5.32 Å². The average molecular weight is 284 g/mol. The van der Waals surface area contributed by atoms with E-state index in [9.17, 15) is 9.59 Å². The molecular weight excluding hydrogens is 256 g/mol. The van der Waals surface area contributed by atoms with E-state index in [4.69, 9.17) is 4.74 Å². The van der Waals surface area contributed by atoms with Crippen LogP contribution in [0.3, 0.4) is 0 Å². The summed E-state index contributed by atoms with van der Waals surface area (Å²) in [6, 6.07) is 0. The molecule has 116 valence electrons. The fourth-order valence-electron chi connectivity index (χ4n) is 2.34. The van der Waals surface area contributed by atoms with Crippen LogP contribution in [0.1, 0.15) is 52.4 Å². The van der Waals surface area contributed by atoms with Crippen molar-refractivity contribution in [1.82, 2.24) is 10.2 Å². The Morgan fingerprint density at radius 1 is 1.35 bits per heavy atom. The molecule has 1 unspecified atom stereocenters. The Morgan fingerprint density at radius 3 is 2.75 bits per heavy atom. The molecule has 0 aromatic carbocycles. The van der Waals surface area contributed by atoms with Gasteiger partial charge in [-0.25, -0.2) is 0 Å². The van der Waals surface area contributed by atoms with E-state index in [0.29, 0.717) is 19.5 Å². The van der Waals surface area contributed by atoms with Gasteiger partial charge >= 0.3 is 0 Å². The fourth-order valence-corrected chi connectivity index (χ4v) is 2.34. The second-order valence-corrected chi connectivity index (χ2v) is 5.41. The van der Waals surface area contributed by atoms with Crippen LogP contribution >= 0.6 is 0 Å². The van der Waals surface area contributed by atoms with E-state index in [1.807, 2.05) is 0 Å². The van der Waals surface area contributed by atoms with E-state index < -0.39 is 0 Å². The lowest BCUT2D eigenvalue weighted by Crippen LogP contribution is -2.38. The van der Waals surface area contributed by atoms with E-state index in [2.05, 4.69) is 12.2 Å². The number of nitrogens with one attached hydrogen (secondary N) is 1. The third-order valence-electron chi connectivity index (χ3n) is 3.60. The smallest absolute Gasteiger partial charge is 0.221 e. The summed E-state index contributed by atoms with van der Waals surface area (Å²) >= 11 is 0. The number of unbranched alkanes of at least 4 members (excludes halogenated alkanes) is 2. The van der Waals surface area contributed by atoms with Gasteiger partial charge in [0.05, 0.1) is 6.10 Å². The molecule has 5 heteroatoms. The van der Waals surface area contributed by atoms with Gasteiger partial charge < -0.3 is 15.0 Å². The normalized spacial score (nSPS) is 18.0. The molecule has 0 aromatic heterocycles. The predicted octanol–water partition coefficient (Wildman–Crippen LogP) is 1.71. The zero-order valence-corrected chi connectivity index (χ0v) is 12.8. The lowest BCUT2D eigenvalue weighted by atomic mass is 10.2. The molecule has 5 nitrogen and oxygen atoms in total. The number of hydrogen-bond donors (Lipinski definition) is 1. The van der Waals surface area contributed by atoms with Crippen molar-refractivity contribution in [2.24, 2.45) is 0 Å². The van der Waals surface area contributed by atoms with Gasteiger partial charge in [0.25, 0.3) is 0 Å². The van der Waals surface area contributed by atoms with Crippen LogP contribution in [0.15, 0.2) is 0 Å². The highest BCUT2D eigenvalue weighted by atomic mass is 16.5. The van der Waals surface area contributed by atoms with E-state index in [1.54, 1.807) is 11.8 Å². The number of ether oxygens (including phenoxy) is 1. The van der Waals surface area contributed by atoms with Gasteiger partial charge in [0.15, 0.2) is 0 Å². The SMILES string of the molecule is CCCCCNC(=O)CCN(CC1CCCO1)C(C)=O. The van der Waals surface area contributed by atoms with Crippen LogP contribution in [0.25, 0.3) is 0 Å². The Labute approximate surface area is 122 Å². The summed E-state index contributed by atoms with van der Waals surface area (Å²) < 4.78 is 5.54. The molecule has 20 heavy (non-hydrogen) atoms. The molecule has 0 saturated carbocycles. The van der Waals surface area contributed by atoms with Crippen molar-refractivity contribution in [1.29, 1.82) is 0 Å². The first kappa shape index (κ1) is 17.0. The Balaban J connectivity index is 2.20. The van der Waals surface area contributed by atoms with Gasteiger partial charge in [-0.05, 0) is 19.3 Å². The van der Waals surface area contributed by atoms with Gasteiger partial charge in [0, 0.05) is 39.6 Å². The van der Waals surface area contributed by atoms with Crippen LogP contribution in [0, 0.1) is 0 Å². The molecule has 1 aliphatic rings. The van der Waals surface area contributed by atoms with Crippen LogP contribution in [0.2, 0.25) is 0 Å². The maximum Gasteiger partial charge on any atom is 0.221 e. The second-order valence-electron chi connectivity index (χ2n) is 5.41. The van der Waals surface area contributed by atoms with Crippen molar-refractivity contribution in [2.75, 3.05) is 26.2 Å². The summed E-state index contributed by atoms with van der Waals surface area (Å²) in [5.74, 6) is 0.0407. The van der Waals surface area contributed by atoms with Gasteiger partial charge in [-0.3, -0.25) is 9.59 Å². The number of hydrogen-bond acceptors (Lipinski definition) is 3. The monoisotopic (exact) mass is 284 g/mol. The number of rotatable bonds is 9. The van der Waals surface area contributed by atoms with Crippen LogP contribution in [-0.4, -0.2) is 49.1 Å². The standard InChI is InChI=1S/C15H28N2O3/c1-3-4-5-9-16-15(19)8-10-17(13(2)18)12-14-7-6-11-20-14/h14H,3-12H2,1-2H3,(H,16,19). The first-order chi connectivity index (χ1) is 9.63. The van der Waals surface area contributed by atoms with Gasteiger partial charge in [-0.15, -0.1) is 0 Å². The first-order valence-corrected chi connectivity index (χ1v) is 7.77. The van der Waals surface area contributed by atoms with Crippen molar-refractivity contribution < 1.29 is 14.3 Å². The highest BCUT2D eigenvalue weighted by Gasteiger charge is 2.21. The van der Waals surface area contributed by atoms with Crippen molar-refractivity contribution in [3.63, 3.8) is 0 Å². The summed E-state index contributed by atoms with van der Waals surface area (Å²) in [5.41, 5.74) is 0. The molecule has 1 fully saturated rings. The van der Waals surface area contributed by atoms with Crippen LogP contribution in [0.5, 0.6) is 0 Å². The Morgan fingerprint density at radius 2 is 2.15 bits per heavy atom. The van der Waals surface area contributed by atoms with E-state index in [-0.39, 0.29) is 17.9 Å². The number of nitrogens with zero attached hydrogens (tertiary/aromatic N) is 1.